The first-order valence-electron chi connectivity index (χ1n) is 11.8. The molecular formula is C27H33N7O3. The highest BCUT2D eigenvalue weighted by Crippen LogP contribution is 2.36. The minimum atomic E-state index is -0.186. The van der Waals surface area contributed by atoms with Gasteiger partial charge >= 0.3 is 0 Å². The molecule has 0 atom stereocenters. The van der Waals surface area contributed by atoms with Gasteiger partial charge in [-0.3, -0.25) is 9.36 Å². The van der Waals surface area contributed by atoms with Crippen LogP contribution in [0.2, 0.25) is 0 Å². The average Bonchev–Trinajstić information content (AvgIpc) is 2.89. The summed E-state index contributed by atoms with van der Waals surface area (Å²) in [5, 5.41) is 3.91. The molecule has 0 fully saturated rings. The second-order valence-corrected chi connectivity index (χ2v) is 9.06. The van der Waals surface area contributed by atoms with Crippen LogP contribution in [-0.2, 0) is 7.05 Å². The van der Waals surface area contributed by atoms with Crippen LogP contribution >= 0.6 is 0 Å². The molecule has 0 saturated heterocycles. The van der Waals surface area contributed by atoms with Crippen LogP contribution in [0.25, 0.3) is 22.2 Å². The Morgan fingerprint density at radius 3 is 2.43 bits per heavy atom. The number of methoxy groups -OCH3 is 2. The normalized spacial score (nSPS) is 11.1. The van der Waals surface area contributed by atoms with Gasteiger partial charge in [-0.05, 0) is 32.3 Å². The number of para-hydroxylation sites is 1. The number of nitrogen functional groups attached to an aromatic ring is 1. The number of rotatable bonds is 9. The van der Waals surface area contributed by atoms with E-state index in [0.717, 1.165) is 24.2 Å². The largest absolute Gasteiger partial charge is 0.496 e. The zero-order valence-corrected chi connectivity index (χ0v) is 22.1. The third-order valence-electron chi connectivity index (χ3n) is 6.23. The SMILES string of the molecule is COc1cc(N(C)CCN(C)C)c(N)cc1Nc1ncc2cc(-c3ccccc3OC)c(=O)n(C)c2n1. The average molecular weight is 504 g/mol. The monoisotopic (exact) mass is 503 g/mol. The summed E-state index contributed by atoms with van der Waals surface area (Å²) in [6.07, 6.45) is 1.68. The summed E-state index contributed by atoms with van der Waals surface area (Å²) in [4.78, 5) is 26.5. The Kier molecular flexibility index (Phi) is 7.49. The van der Waals surface area contributed by atoms with Gasteiger partial charge in [0.15, 0.2) is 0 Å². The standard InChI is InChI=1S/C27H33N7O3/c1-32(2)11-12-33(3)22-15-24(37-6)21(14-20(22)28)30-27-29-16-17-13-19(26(35)34(4)25(17)31-27)18-9-7-8-10-23(18)36-5/h7-10,13-16H,11-12,28H2,1-6H3,(H,29,30,31). The number of pyridine rings is 1. The minimum Gasteiger partial charge on any atom is -0.496 e. The van der Waals surface area contributed by atoms with E-state index in [9.17, 15) is 4.79 Å². The number of aromatic nitrogens is 3. The topological polar surface area (TPSA) is 111 Å². The van der Waals surface area contributed by atoms with Gasteiger partial charge in [0.1, 0.15) is 17.1 Å². The van der Waals surface area contributed by atoms with Crippen molar-refractivity contribution in [1.29, 1.82) is 0 Å². The van der Waals surface area contributed by atoms with E-state index < -0.39 is 0 Å². The molecule has 0 aliphatic rings. The predicted molar refractivity (Wildman–Crippen MR) is 149 cm³/mol. The highest BCUT2D eigenvalue weighted by molar-refractivity contribution is 5.84. The van der Waals surface area contributed by atoms with Crippen molar-refractivity contribution in [2.45, 2.75) is 0 Å². The lowest BCUT2D eigenvalue weighted by atomic mass is 10.1. The maximum Gasteiger partial charge on any atom is 0.259 e. The van der Waals surface area contributed by atoms with Crippen LogP contribution in [0.1, 0.15) is 0 Å². The number of hydrogen-bond donors (Lipinski definition) is 2. The summed E-state index contributed by atoms with van der Waals surface area (Å²) < 4.78 is 12.6. The van der Waals surface area contributed by atoms with E-state index in [1.807, 2.05) is 51.5 Å². The lowest BCUT2D eigenvalue weighted by molar-refractivity contribution is 0.413. The molecule has 0 aliphatic heterocycles. The number of likely N-dealkylation sites (N-methyl/N-ethyl adjacent to an activating group) is 2. The van der Waals surface area contributed by atoms with Crippen molar-refractivity contribution < 1.29 is 9.47 Å². The number of anilines is 4. The van der Waals surface area contributed by atoms with Crippen molar-refractivity contribution in [1.82, 2.24) is 19.4 Å². The fourth-order valence-corrected chi connectivity index (χ4v) is 4.14. The molecule has 3 N–H and O–H groups in total. The van der Waals surface area contributed by atoms with Crippen LogP contribution in [0.3, 0.4) is 0 Å². The smallest absolute Gasteiger partial charge is 0.259 e. The fourth-order valence-electron chi connectivity index (χ4n) is 4.14. The van der Waals surface area contributed by atoms with E-state index in [2.05, 4.69) is 25.1 Å². The van der Waals surface area contributed by atoms with E-state index >= 15 is 0 Å². The molecule has 0 bridgehead atoms. The molecule has 0 amide bonds. The zero-order valence-electron chi connectivity index (χ0n) is 22.1. The summed E-state index contributed by atoms with van der Waals surface area (Å²) in [6.45, 7) is 1.70. The van der Waals surface area contributed by atoms with Gasteiger partial charge < -0.3 is 30.3 Å². The van der Waals surface area contributed by atoms with Gasteiger partial charge in [-0.25, -0.2) is 4.98 Å². The molecule has 0 radical (unpaired) electrons. The Labute approximate surface area is 216 Å². The Hall–Kier alpha value is -4.31. The van der Waals surface area contributed by atoms with E-state index in [1.54, 1.807) is 39.6 Å². The van der Waals surface area contributed by atoms with Gasteiger partial charge in [-0.15, -0.1) is 0 Å². The van der Waals surface area contributed by atoms with Crippen molar-refractivity contribution in [3.63, 3.8) is 0 Å². The second-order valence-electron chi connectivity index (χ2n) is 9.06. The molecule has 2 heterocycles. The first-order chi connectivity index (χ1) is 17.7. The molecular weight excluding hydrogens is 470 g/mol. The van der Waals surface area contributed by atoms with E-state index in [-0.39, 0.29) is 5.56 Å². The summed E-state index contributed by atoms with van der Waals surface area (Å²) in [7, 11) is 10.9. The van der Waals surface area contributed by atoms with Gasteiger partial charge in [0.05, 0.1) is 36.8 Å². The maximum absolute atomic E-state index is 13.2. The first kappa shape index (κ1) is 25.8. The fraction of sp³-hybridized carbons (Fsp3) is 0.296. The molecule has 0 spiro atoms. The van der Waals surface area contributed by atoms with Gasteiger partial charge in [0.2, 0.25) is 5.95 Å². The summed E-state index contributed by atoms with van der Waals surface area (Å²) in [5.41, 5.74) is 10.0. The van der Waals surface area contributed by atoms with Crippen molar-refractivity contribution in [2.24, 2.45) is 7.05 Å². The Bertz CT molecular complexity index is 1480. The number of nitrogens with zero attached hydrogens (tertiary/aromatic N) is 5. The van der Waals surface area contributed by atoms with Crippen LogP contribution in [0.4, 0.5) is 23.0 Å². The molecule has 0 aliphatic carbocycles. The van der Waals surface area contributed by atoms with Crippen LogP contribution < -0.4 is 31.0 Å². The van der Waals surface area contributed by atoms with Gasteiger partial charge in [0.25, 0.3) is 5.56 Å². The molecule has 4 aromatic rings. The quantitative estimate of drug-likeness (QED) is 0.332. The Morgan fingerprint density at radius 1 is 1.00 bits per heavy atom. The van der Waals surface area contributed by atoms with Gasteiger partial charge in [-0.2, -0.15) is 4.98 Å². The Morgan fingerprint density at radius 2 is 1.73 bits per heavy atom. The molecule has 37 heavy (non-hydrogen) atoms. The molecule has 10 heteroatoms. The molecule has 0 unspecified atom stereocenters. The third kappa shape index (κ3) is 5.29. The van der Waals surface area contributed by atoms with Crippen molar-refractivity contribution in [2.75, 3.05) is 64.4 Å². The van der Waals surface area contributed by atoms with Crippen LogP contribution in [0.15, 0.2) is 53.5 Å². The number of hydrogen-bond acceptors (Lipinski definition) is 9. The molecule has 10 nitrogen and oxygen atoms in total. The number of aryl methyl sites for hydroxylation is 1. The second kappa shape index (κ2) is 10.8. The molecule has 0 saturated carbocycles. The maximum atomic E-state index is 13.2. The Balaban J connectivity index is 1.69. The van der Waals surface area contributed by atoms with Gasteiger partial charge in [0, 0.05) is 50.4 Å². The first-order valence-corrected chi connectivity index (χ1v) is 11.8. The number of nitrogens with one attached hydrogen (secondary N) is 1. The lowest BCUT2D eigenvalue weighted by Crippen LogP contribution is -2.29. The van der Waals surface area contributed by atoms with Gasteiger partial charge in [-0.1, -0.05) is 18.2 Å². The van der Waals surface area contributed by atoms with Crippen molar-refractivity contribution in [3.8, 4) is 22.6 Å². The highest BCUT2D eigenvalue weighted by Gasteiger charge is 2.16. The molecule has 4 rings (SSSR count). The summed E-state index contributed by atoms with van der Waals surface area (Å²) in [6, 6.07) is 12.9. The number of benzene rings is 2. The summed E-state index contributed by atoms with van der Waals surface area (Å²) in [5.74, 6) is 1.54. The van der Waals surface area contributed by atoms with Crippen molar-refractivity contribution in [3.05, 3.63) is 59.0 Å². The predicted octanol–water partition coefficient (Wildman–Crippen LogP) is 3.34. The van der Waals surface area contributed by atoms with Crippen molar-refractivity contribution >= 4 is 34.0 Å². The summed E-state index contributed by atoms with van der Waals surface area (Å²) >= 11 is 0. The van der Waals surface area contributed by atoms with E-state index in [0.29, 0.717) is 45.6 Å². The van der Waals surface area contributed by atoms with E-state index in [1.165, 1.54) is 4.57 Å². The lowest BCUT2D eigenvalue weighted by Gasteiger charge is -2.24. The van der Waals surface area contributed by atoms with Crippen LogP contribution in [-0.4, -0.2) is 67.9 Å². The van der Waals surface area contributed by atoms with Crippen LogP contribution in [0, 0.1) is 0 Å². The number of ether oxygens (including phenoxy) is 2. The highest BCUT2D eigenvalue weighted by atomic mass is 16.5. The zero-order chi connectivity index (χ0) is 26.7. The van der Waals surface area contributed by atoms with Crippen LogP contribution in [0.5, 0.6) is 11.5 Å². The minimum absolute atomic E-state index is 0.186. The third-order valence-corrected chi connectivity index (χ3v) is 6.23. The molecule has 2 aromatic heterocycles. The van der Waals surface area contributed by atoms with E-state index in [4.69, 9.17) is 15.2 Å². The molecule has 2 aromatic carbocycles. The number of nitrogens with two attached hydrogens (primary N) is 1. The molecule has 194 valence electrons. The number of fused-ring (bicyclic) bond motifs is 1.